The van der Waals surface area contributed by atoms with Gasteiger partial charge >= 0.3 is 0 Å². The molecular weight excluding hydrogens is 542 g/mol. The van der Waals surface area contributed by atoms with Crippen LogP contribution >= 0.6 is 0 Å². The fourth-order valence-corrected chi connectivity index (χ4v) is 5.04. The second-order valence-corrected chi connectivity index (χ2v) is 9.84. The van der Waals surface area contributed by atoms with Crippen LogP contribution in [0.2, 0.25) is 0 Å². The standard InChI is InChI=1S/C28H29N9O5/c1-18-9-12-24(42-18)27(28(39)29-15-20-6-5-13-41-20)37(26(38)16-35-22-8-4-3-7-21(22)31-33-35)19-10-11-23(25(14-19)40-2)36-17-30-32-34-36/h3-4,7-12,14,17,20,27H,5-6,13,15-16H2,1-2H3,(H,29,39)/t20-,27-/m1/s1. The minimum atomic E-state index is -1.15. The third kappa shape index (κ3) is 5.43. The van der Waals surface area contributed by atoms with Crippen LogP contribution in [0.25, 0.3) is 16.7 Å². The van der Waals surface area contributed by atoms with Gasteiger partial charge in [-0.2, -0.15) is 4.68 Å². The molecule has 4 heterocycles. The summed E-state index contributed by atoms with van der Waals surface area (Å²) in [6.07, 6.45) is 3.13. The van der Waals surface area contributed by atoms with Crippen molar-refractivity contribution in [2.75, 3.05) is 25.2 Å². The second-order valence-electron chi connectivity index (χ2n) is 9.84. The molecule has 6 rings (SSSR count). The Hall–Kier alpha value is -5.11. The third-order valence-corrected chi connectivity index (χ3v) is 7.08. The van der Waals surface area contributed by atoms with Gasteiger partial charge in [0.05, 0.1) is 18.7 Å². The summed E-state index contributed by atoms with van der Waals surface area (Å²) in [7, 11) is 1.50. The van der Waals surface area contributed by atoms with Crippen molar-refractivity contribution < 1.29 is 23.5 Å². The molecule has 5 aromatic rings. The SMILES string of the molecule is COc1cc(N(C(=O)Cn2nnc3ccccc32)[C@@H](C(=O)NC[C@H]2CCCO2)c2ccc(C)o2)ccc1-n1cnnn1. The topological polar surface area (TPSA) is 155 Å². The molecule has 216 valence electrons. The number of amides is 2. The molecule has 42 heavy (non-hydrogen) atoms. The maximum atomic E-state index is 14.3. The highest BCUT2D eigenvalue weighted by Crippen LogP contribution is 2.34. The zero-order valence-corrected chi connectivity index (χ0v) is 23.1. The van der Waals surface area contributed by atoms with Gasteiger partial charge in [0, 0.05) is 24.9 Å². The molecule has 1 N–H and O–H groups in total. The van der Waals surface area contributed by atoms with Crippen LogP contribution in [-0.2, 0) is 20.9 Å². The van der Waals surface area contributed by atoms with Gasteiger partial charge in [-0.05, 0) is 66.6 Å². The number of hydrogen-bond acceptors (Lipinski definition) is 10. The normalized spacial score (nSPS) is 15.5. The number of rotatable bonds is 10. The van der Waals surface area contributed by atoms with E-state index in [1.54, 1.807) is 37.3 Å². The highest BCUT2D eigenvalue weighted by Gasteiger charge is 2.36. The number of carbonyl (C=O) groups is 2. The van der Waals surface area contributed by atoms with Crippen LogP contribution in [0.4, 0.5) is 5.69 Å². The molecular formula is C28H29N9O5. The molecule has 0 saturated carbocycles. The Morgan fingerprint density at radius 3 is 2.79 bits per heavy atom. The maximum absolute atomic E-state index is 14.3. The van der Waals surface area contributed by atoms with Gasteiger partial charge in [-0.3, -0.25) is 14.5 Å². The number of ether oxygens (including phenoxy) is 2. The van der Waals surface area contributed by atoms with E-state index in [1.165, 1.54) is 27.7 Å². The molecule has 14 nitrogen and oxygen atoms in total. The maximum Gasteiger partial charge on any atom is 0.251 e. The summed E-state index contributed by atoms with van der Waals surface area (Å²) in [6, 6.07) is 14.7. The van der Waals surface area contributed by atoms with Crippen molar-refractivity contribution in [2.24, 2.45) is 0 Å². The van der Waals surface area contributed by atoms with E-state index in [0.29, 0.717) is 52.8 Å². The van der Waals surface area contributed by atoms with Crippen LogP contribution in [0.1, 0.15) is 30.4 Å². The summed E-state index contributed by atoms with van der Waals surface area (Å²) >= 11 is 0. The fourth-order valence-electron chi connectivity index (χ4n) is 5.04. The first-order valence-corrected chi connectivity index (χ1v) is 13.5. The second kappa shape index (κ2) is 11.8. The molecule has 1 aliphatic heterocycles. The van der Waals surface area contributed by atoms with Gasteiger partial charge in [-0.15, -0.1) is 10.2 Å². The predicted octanol–water partition coefficient (Wildman–Crippen LogP) is 2.39. The number of methoxy groups -OCH3 is 1. The lowest BCUT2D eigenvalue weighted by molar-refractivity contribution is -0.127. The van der Waals surface area contributed by atoms with E-state index >= 15 is 0 Å². The molecule has 0 radical (unpaired) electrons. The first kappa shape index (κ1) is 27.1. The van der Waals surface area contributed by atoms with Gasteiger partial charge in [0.15, 0.2) is 6.04 Å². The van der Waals surface area contributed by atoms with E-state index in [9.17, 15) is 9.59 Å². The lowest BCUT2D eigenvalue weighted by Crippen LogP contribution is -2.46. The van der Waals surface area contributed by atoms with Crippen molar-refractivity contribution in [3.8, 4) is 11.4 Å². The number of benzene rings is 2. The van der Waals surface area contributed by atoms with Crippen molar-refractivity contribution in [3.05, 3.63) is 72.4 Å². The Balaban J connectivity index is 1.42. The average molecular weight is 572 g/mol. The summed E-state index contributed by atoms with van der Waals surface area (Å²) in [5.41, 5.74) is 2.28. The first-order valence-electron chi connectivity index (χ1n) is 13.5. The molecule has 0 spiro atoms. The number of hydrogen-bond donors (Lipinski definition) is 1. The number of furan rings is 1. The van der Waals surface area contributed by atoms with Crippen molar-refractivity contribution in [2.45, 2.75) is 38.5 Å². The Kier molecular flexibility index (Phi) is 7.60. The first-order chi connectivity index (χ1) is 20.5. The molecule has 2 aromatic carbocycles. The quantitative estimate of drug-likeness (QED) is 0.264. The van der Waals surface area contributed by atoms with Gasteiger partial charge < -0.3 is 19.2 Å². The lowest BCUT2D eigenvalue weighted by atomic mass is 10.1. The van der Waals surface area contributed by atoms with E-state index in [4.69, 9.17) is 13.9 Å². The number of anilines is 1. The molecule has 0 bridgehead atoms. The summed E-state index contributed by atoms with van der Waals surface area (Å²) in [5.74, 6) is 0.452. The number of aromatic nitrogens is 7. The van der Waals surface area contributed by atoms with E-state index in [2.05, 4.69) is 31.2 Å². The Morgan fingerprint density at radius 2 is 2.05 bits per heavy atom. The van der Waals surface area contributed by atoms with Crippen LogP contribution in [0.5, 0.6) is 5.75 Å². The average Bonchev–Trinajstić information content (AvgIpc) is 3.83. The van der Waals surface area contributed by atoms with Gasteiger partial charge in [-0.1, -0.05) is 17.3 Å². The van der Waals surface area contributed by atoms with Crippen molar-refractivity contribution in [3.63, 3.8) is 0 Å². The van der Waals surface area contributed by atoms with E-state index in [0.717, 1.165) is 12.8 Å². The number of para-hydroxylation sites is 1. The van der Waals surface area contributed by atoms with Gasteiger partial charge in [0.1, 0.15) is 41.3 Å². The molecule has 1 aliphatic rings. The Labute approximate surface area is 240 Å². The number of nitrogens with one attached hydrogen (secondary N) is 1. The predicted molar refractivity (Wildman–Crippen MR) is 149 cm³/mol. The molecule has 1 saturated heterocycles. The van der Waals surface area contributed by atoms with Gasteiger partial charge in [0.2, 0.25) is 5.91 Å². The van der Waals surface area contributed by atoms with E-state index in [1.807, 2.05) is 24.3 Å². The number of aryl methyl sites for hydroxylation is 1. The largest absolute Gasteiger partial charge is 0.494 e. The molecule has 2 amide bonds. The molecule has 0 aliphatic carbocycles. The van der Waals surface area contributed by atoms with Crippen molar-refractivity contribution in [1.29, 1.82) is 0 Å². The number of tetrazole rings is 1. The van der Waals surface area contributed by atoms with Crippen LogP contribution < -0.4 is 15.0 Å². The van der Waals surface area contributed by atoms with Crippen LogP contribution in [0.15, 0.2) is 65.3 Å². The zero-order chi connectivity index (χ0) is 29.1. The number of nitrogens with zero attached hydrogens (tertiary/aromatic N) is 8. The molecule has 1 fully saturated rings. The fraction of sp³-hybridized carbons (Fsp3) is 0.321. The van der Waals surface area contributed by atoms with Gasteiger partial charge in [0.25, 0.3) is 5.91 Å². The molecule has 3 aromatic heterocycles. The van der Waals surface area contributed by atoms with Gasteiger partial charge in [-0.25, -0.2) is 4.68 Å². The number of carbonyl (C=O) groups excluding carboxylic acids is 2. The van der Waals surface area contributed by atoms with Crippen LogP contribution in [0, 0.1) is 6.92 Å². The lowest BCUT2D eigenvalue weighted by Gasteiger charge is -2.30. The zero-order valence-electron chi connectivity index (χ0n) is 23.1. The summed E-state index contributed by atoms with van der Waals surface area (Å²) in [6.45, 7) is 2.56. The smallest absolute Gasteiger partial charge is 0.251 e. The Bertz CT molecular complexity index is 1690. The minimum absolute atomic E-state index is 0.0886. The summed E-state index contributed by atoms with van der Waals surface area (Å²) in [5, 5.41) is 22.7. The van der Waals surface area contributed by atoms with E-state index in [-0.39, 0.29) is 12.6 Å². The minimum Gasteiger partial charge on any atom is -0.494 e. The van der Waals surface area contributed by atoms with Crippen molar-refractivity contribution >= 4 is 28.5 Å². The van der Waals surface area contributed by atoms with Crippen LogP contribution in [-0.4, -0.2) is 73.4 Å². The summed E-state index contributed by atoms with van der Waals surface area (Å²) in [4.78, 5) is 29.6. The number of fused-ring (bicyclic) bond motifs is 1. The molecule has 0 unspecified atom stereocenters. The monoisotopic (exact) mass is 571 g/mol. The summed E-state index contributed by atoms with van der Waals surface area (Å²) < 4.78 is 20.3. The third-order valence-electron chi connectivity index (χ3n) is 7.08. The highest BCUT2D eigenvalue weighted by molar-refractivity contribution is 6.01. The highest BCUT2D eigenvalue weighted by atomic mass is 16.5. The van der Waals surface area contributed by atoms with E-state index < -0.39 is 17.9 Å². The van der Waals surface area contributed by atoms with Crippen molar-refractivity contribution in [1.82, 2.24) is 40.5 Å². The van der Waals surface area contributed by atoms with Crippen LogP contribution in [0.3, 0.4) is 0 Å². The molecule has 14 heteroatoms. The Morgan fingerprint density at radius 1 is 1.17 bits per heavy atom. The molecule has 2 atom stereocenters.